The van der Waals surface area contributed by atoms with Crippen LogP contribution in [0.25, 0.3) is 6.08 Å². The lowest BCUT2D eigenvalue weighted by atomic mass is 10.1. The number of amides is 2. The number of aryl methyl sites for hydroxylation is 2. The van der Waals surface area contributed by atoms with Gasteiger partial charge in [0.05, 0.1) is 5.69 Å². The van der Waals surface area contributed by atoms with Crippen molar-refractivity contribution < 1.29 is 9.59 Å². The van der Waals surface area contributed by atoms with Crippen LogP contribution in [-0.4, -0.2) is 21.5 Å². The highest BCUT2D eigenvalue weighted by molar-refractivity contribution is 7.80. The number of rotatable bonds is 3. The Morgan fingerprint density at radius 1 is 1.12 bits per heavy atom. The van der Waals surface area contributed by atoms with Gasteiger partial charge in [0.25, 0.3) is 11.8 Å². The van der Waals surface area contributed by atoms with Gasteiger partial charge in [-0.05, 0) is 69.8 Å². The van der Waals surface area contributed by atoms with Gasteiger partial charge in [0.1, 0.15) is 5.57 Å². The number of hydrogen-bond acceptors (Lipinski definition) is 3. The summed E-state index contributed by atoms with van der Waals surface area (Å²) in [6.45, 7) is 8.13. The third-order valence-electron chi connectivity index (χ3n) is 4.33. The fourth-order valence-corrected chi connectivity index (χ4v) is 3.28. The molecule has 3 rings (SSSR count). The van der Waals surface area contributed by atoms with Crippen molar-refractivity contribution in [3.05, 3.63) is 58.9 Å². The van der Waals surface area contributed by atoms with E-state index in [0.717, 1.165) is 16.8 Å². The zero-order chi connectivity index (χ0) is 19.0. The first-order valence-electron chi connectivity index (χ1n) is 8.44. The number of hydrogen-bond donors (Lipinski definition) is 1. The van der Waals surface area contributed by atoms with E-state index in [-0.39, 0.29) is 10.7 Å². The topological polar surface area (TPSA) is 54.3 Å². The van der Waals surface area contributed by atoms with Crippen molar-refractivity contribution in [1.82, 2.24) is 9.88 Å². The molecule has 1 saturated heterocycles. The molecule has 2 heterocycles. The quantitative estimate of drug-likeness (QED) is 0.513. The summed E-state index contributed by atoms with van der Waals surface area (Å²) in [6, 6.07) is 9.68. The van der Waals surface area contributed by atoms with Crippen molar-refractivity contribution in [2.45, 2.75) is 33.7 Å². The molecule has 0 saturated carbocycles. The molecule has 2 amide bonds. The van der Waals surface area contributed by atoms with Crippen molar-refractivity contribution in [2.24, 2.45) is 0 Å². The van der Waals surface area contributed by atoms with E-state index in [1.807, 2.05) is 50.4 Å². The highest BCUT2D eigenvalue weighted by atomic mass is 32.1. The van der Waals surface area contributed by atoms with Crippen LogP contribution in [0.1, 0.15) is 36.7 Å². The minimum atomic E-state index is -0.474. The summed E-state index contributed by atoms with van der Waals surface area (Å²) < 4.78 is 2.10. The lowest BCUT2D eigenvalue weighted by Gasteiger charge is -2.28. The number of aromatic nitrogens is 1. The van der Waals surface area contributed by atoms with Crippen LogP contribution in [0.5, 0.6) is 0 Å². The Bertz CT molecular complexity index is 923. The van der Waals surface area contributed by atoms with Gasteiger partial charge in [0.15, 0.2) is 5.11 Å². The van der Waals surface area contributed by atoms with E-state index in [0.29, 0.717) is 11.7 Å². The second kappa shape index (κ2) is 6.88. The van der Waals surface area contributed by atoms with Crippen LogP contribution in [0.15, 0.2) is 42.1 Å². The molecule has 1 aliphatic heterocycles. The minimum Gasteiger partial charge on any atom is -0.349 e. The SMILES string of the molecule is Cc1ccc(N2C(=O)/C(=C\c3cc(C)n(C(C)C)c3)C(=O)NC2=S)cc1. The molecule has 0 bridgehead atoms. The normalized spacial score (nSPS) is 16.6. The van der Waals surface area contributed by atoms with Crippen LogP contribution in [-0.2, 0) is 9.59 Å². The second-order valence-corrected chi connectivity index (χ2v) is 7.10. The highest BCUT2D eigenvalue weighted by Gasteiger charge is 2.34. The molecule has 134 valence electrons. The molecule has 0 spiro atoms. The maximum atomic E-state index is 13.0. The third kappa shape index (κ3) is 3.32. The van der Waals surface area contributed by atoms with Crippen LogP contribution in [0.3, 0.4) is 0 Å². The summed E-state index contributed by atoms with van der Waals surface area (Å²) in [5.74, 6) is -0.893. The van der Waals surface area contributed by atoms with E-state index < -0.39 is 11.8 Å². The van der Waals surface area contributed by atoms with Crippen molar-refractivity contribution in [1.29, 1.82) is 0 Å². The predicted octanol–water partition coefficient (Wildman–Crippen LogP) is 3.52. The molecule has 6 heteroatoms. The Kier molecular flexibility index (Phi) is 4.78. The number of thiocarbonyl (C=S) groups is 1. The van der Waals surface area contributed by atoms with E-state index in [4.69, 9.17) is 12.2 Å². The number of nitrogens with zero attached hydrogens (tertiary/aromatic N) is 2. The fourth-order valence-electron chi connectivity index (χ4n) is 3.00. The molecule has 0 aliphatic carbocycles. The van der Waals surface area contributed by atoms with Crippen molar-refractivity contribution in [2.75, 3.05) is 4.90 Å². The second-order valence-electron chi connectivity index (χ2n) is 6.71. The summed E-state index contributed by atoms with van der Waals surface area (Å²) >= 11 is 5.21. The molecule has 1 N–H and O–H groups in total. The zero-order valence-corrected chi connectivity index (χ0v) is 16.1. The first-order valence-corrected chi connectivity index (χ1v) is 8.85. The maximum absolute atomic E-state index is 13.0. The summed E-state index contributed by atoms with van der Waals surface area (Å²) in [4.78, 5) is 26.7. The van der Waals surface area contributed by atoms with Crippen LogP contribution < -0.4 is 10.2 Å². The van der Waals surface area contributed by atoms with E-state index >= 15 is 0 Å². The van der Waals surface area contributed by atoms with Gasteiger partial charge in [0, 0.05) is 17.9 Å². The van der Waals surface area contributed by atoms with Gasteiger partial charge in [0.2, 0.25) is 0 Å². The lowest BCUT2D eigenvalue weighted by Crippen LogP contribution is -2.54. The lowest BCUT2D eigenvalue weighted by molar-refractivity contribution is -0.122. The number of carbonyl (C=O) groups is 2. The number of nitrogens with one attached hydrogen (secondary N) is 1. The van der Waals surface area contributed by atoms with Gasteiger partial charge in [-0.15, -0.1) is 0 Å². The summed E-state index contributed by atoms with van der Waals surface area (Å²) in [6.07, 6.45) is 3.56. The fraction of sp³-hybridized carbons (Fsp3) is 0.250. The Morgan fingerprint density at radius 3 is 2.35 bits per heavy atom. The van der Waals surface area contributed by atoms with E-state index in [2.05, 4.69) is 23.7 Å². The van der Waals surface area contributed by atoms with Crippen LogP contribution in [0, 0.1) is 13.8 Å². The molecular formula is C20H21N3O2S. The van der Waals surface area contributed by atoms with E-state index in [9.17, 15) is 9.59 Å². The first kappa shape index (κ1) is 18.1. The Balaban J connectivity index is 2.00. The van der Waals surface area contributed by atoms with Gasteiger partial charge in [-0.2, -0.15) is 0 Å². The smallest absolute Gasteiger partial charge is 0.270 e. The van der Waals surface area contributed by atoms with Crippen LogP contribution in [0.2, 0.25) is 0 Å². The molecule has 5 nitrogen and oxygen atoms in total. The van der Waals surface area contributed by atoms with Gasteiger partial charge >= 0.3 is 0 Å². The average Bonchev–Trinajstić information content (AvgIpc) is 2.94. The standard InChI is InChI=1S/C20H21N3O2S/c1-12(2)22-11-15(9-14(22)4)10-17-18(24)21-20(26)23(19(17)25)16-7-5-13(3)6-8-16/h5-12H,1-4H3,(H,21,24,26)/b17-10-. The number of benzene rings is 1. The first-order chi connectivity index (χ1) is 12.3. The van der Waals surface area contributed by atoms with Gasteiger partial charge in [-0.1, -0.05) is 17.7 Å². The largest absolute Gasteiger partial charge is 0.349 e. The van der Waals surface area contributed by atoms with Gasteiger partial charge < -0.3 is 4.57 Å². The molecule has 0 unspecified atom stereocenters. The average molecular weight is 367 g/mol. The summed E-state index contributed by atoms with van der Waals surface area (Å²) in [5, 5.41) is 2.70. The van der Waals surface area contributed by atoms with Crippen LogP contribution in [0.4, 0.5) is 5.69 Å². The molecule has 0 radical (unpaired) electrons. The minimum absolute atomic E-state index is 0.0695. The monoisotopic (exact) mass is 367 g/mol. The van der Waals surface area contributed by atoms with Gasteiger partial charge in [-0.25, -0.2) is 0 Å². The van der Waals surface area contributed by atoms with Gasteiger partial charge in [-0.3, -0.25) is 19.8 Å². The van der Waals surface area contributed by atoms with E-state index in [1.54, 1.807) is 6.08 Å². The van der Waals surface area contributed by atoms with Crippen molar-refractivity contribution in [3.63, 3.8) is 0 Å². The molecule has 1 fully saturated rings. The molecule has 2 aromatic rings. The predicted molar refractivity (Wildman–Crippen MR) is 107 cm³/mol. The molecule has 1 aromatic carbocycles. The summed E-state index contributed by atoms with van der Waals surface area (Å²) in [7, 11) is 0. The van der Waals surface area contributed by atoms with Crippen molar-refractivity contribution >= 4 is 40.9 Å². The molecule has 1 aliphatic rings. The van der Waals surface area contributed by atoms with E-state index in [1.165, 1.54) is 4.90 Å². The Labute approximate surface area is 158 Å². The molecule has 0 atom stereocenters. The number of anilines is 1. The molecular weight excluding hydrogens is 346 g/mol. The molecule has 26 heavy (non-hydrogen) atoms. The third-order valence-corrected chi connectivity index (χ3v) is 4.62. The Morgan fingerprint density at radius 2 is 1.77 bits per heavy atom. The number of carbonyl (C=O) groups excluding carboxylic acids is 2. The zero-order valence-electron chi connectivity index (χ0n) is 15.2. The highest BCUT2D eigenvalue weighted by Crippen LogP contribution is 2.23. The van der Waals surface area contributed by atoms with Crippen molar-refractivity contribution in [3.8, 4) is 0 Å². The Hall–Kier alpha value is -2.73. The van der Waals surface area contributed by atoms with Crippen LogP contribution >= 0.6 is 12.2 Å². The maximum Gasteiger partial charge on any atom is 0.270 e. The molecule has 1 aromatic heterocycles. The summed E-state index contributed by atoms with van der Waals surface area (Å²) in [5.41, 5.74) is 3.66.